The minimum Gasteiger partial charge on any atom is -0.492 e. The number of halogens is 2. The highest BCUT2D eigenvalue weighted by Crippen LogP contribution is 2.16. The van der Waals surface area contributed by atoms with Crippen LogP contribution in [-0.4, -0.2) is 48.9 Å². The summed E-state index contributed by atoms with van der Waals surface area (Å²) in [7, 11) is 0. The summed E-state index contributed by atoms with van der Waals surface area (Å²) in [5, 5.41) is 11.8. The van der Waals surface area contributed by atoms with E-state index in [2.05, 4.69) is 5.32 Å². The molecule has 1 aliphatic heterocycles. The summed E-state index contributed by atoms with van der Waals surface area (Å²) in [5.41, 5.74) is 0. The van der Waals surface area contributed by atoms with E-state index in [1.165, 1.54) is 6.07 Å². The quantitative estimate of drug-likeness (QED) is 0.814. The van der Waals surface area contributed by atoms with Crippen molar-refractivity contribution in [1.82, 2.24) is 10.2 Å². The Hall–Kier alpha value is -1.89. The van der Waals surface area contributed by atoms with Crippen LogP contribution in [0.15, 0.2) is 18.2 Å². The van der Waals surface area contributed by atoms with Crippen molar-refractivity contribution in [3.63, 3.8) is 0 Å². The number of nitrogens with zero attached hydrogens (tertiary/aromatic N) is 1. The highest BCUT2D eigenvalue weighted by Gasteiger charge is 2.21. The molecule has 1 aromatic rings. The van der Waals surface area contributed by atoms with Gasteiger partial charge < -0.3 is 20.1 Å². The summed E-state index contributed by atoms with van der Waals surface area (Å²) >= 11 is 0. The minimum atomic E-state index is -0.965. The largest absolute Gasteiger partial charge is 0.492 e. The first-order valence-corrected chi connectivity index (χ1v) is 7.31. The lowest BCUT2D eigenvalue weighted by Crippen LogP contribution is -2.45. The second kappa shape index (κ2) is 7.93. The molecule has 0 aromatic heterocycles. The second-order valence-corrected chi connectivity index (χ2v) is 5.27. The van der Waals surface area contributed by atoms with Crippen molar-refractivity contribution in [1.29, 1.82) is 0 Å². The van der Waals surface area contributed by atoms with Crippen LogP contribution in [0, 0.1) is 17.6 Å². The molecule has 0 saturated carbocycles. The van der Waals surface area contributed by atoms with Crippen LogP contribution in [0.4, 0.5) is 13.6 Å². The van der Waals surface area contributed by atoms with Gasteiger partial charge in [-0.15, -0.1) is 0 Å². The van der Waals surface area contributed by atoms with Gasteiger partial charge in [-0.05, 0) is 30.9 Å². The van der Waals surface area contributed by atoms with E-state index in [4.69, 9.17) is 9.84 Å². The summed E-state index contributed by atoms with van der Waals surface area (Å²) in [6.45, 7) is 1.86. The van der Waals surface area contributed by atoms with Gasteiger partial charge in [0.15, 0.2) is 11.6 Å². The van der Waals surface area contributed by atoms with E-state index in [-0.39, 0.29) is 37.5 Å². The van der Waals surface area contributed by atoms with E-state index in [0.717, 1.165) is 25.0 Å². The van der Waals surface area contributed by atoms with Gasteiger partial charge in [0.2, 0.25) is 0 Å². The van der Waals surface area contributed by atoms with E-state index in [1.54, 1.807) is 4.90 Å². The number of urea groups is 1. The van der Waals surface area contributed by atoms with Gasteiger partial charge in [0.25, 0.3) is 0 Å². The molecule has 2 amide bonds. The van der Waals surface area contributed by atoms with E-state index in [1.807, 2.05) is 0 Å². The number of benzene rings is 1. The molecule has 2 rings (SSSR count). The lowest BCUT2D eigenvalue weighted by Gasteiger charge is -2.31. The van der Waals surface area contributed by atoms with Crippen LogP contribution in [0.25, 0.3) is 0 Å². The van der Waals surface area contributed by atoms with Crippen LogP contribution >= 0.6 is 0 Å². The Morgan fingerprint density at radius 1 is 1.32 bits per heavy atom. The fraction of sp³-hybridized carbons (Fsp3) is 0.533. The first-order chi connectivity index (χ1) is 10.6. The van der Waals surface area contributed by atoms with Crippen molar-refractivity contribution in [2.45, 2.75) is 12.8 Å². The van der Waals surface area contributed by atoms with Crippen LogP contribution < -0.4 is 10.1 Å². The molecule has 0 bridgehead atoms. The number of piperidine rings is 1. The van der Waals surface area contributed by atoms with Crippen LogP contribution in [0.2, 0.25) is 0 Å². The number of aliphatic hydroxyl groups is 1. The molecule has 5 nitrogen and oxygen atoms in total. The molecule has 0 spiro atoms. The highest BCUT2D eigenvalue weighted by molar-refractivity contribution is 5.74. The fourth-order valence-corrected chi connectivity index (χ4v) is 2.32. The molecule has 122 valence electrons. The molecule has 1 heterocycles. The molecule has 7 heteroatoms. The highest BCUT2D eigenvalue weighted by atomic mass is 19.2. The Kier molecular flexibility index (Phi) is 5.94. The fourth-order valence-electron chi connectivity index (χ4n) is 2.32. The van der Waals surface area contributed by atoms with Crippen molar-refractivity contribution in [2.24, 2.45) is 5.92 Å². The Labute approximate surface area is 127 Å². The predicted octanol–water partition coefficient (Wildman–Crippen LogP) is 1.76. The molecule has 22 heavy (non-hydrogen) atoms. The van der Waals surface area contributed by atoms with Crippen LogP contribution in [0.3, 0.4) is 0 Å². The summed E-state index contributed by atoms with van der Waals surface area (Å²) in [4.78, 5) is 13.6. The molecule has 0 unspecified atom stereocenters. The molecule has 1 aliphatic rings. The molecule has 0 aliphatic carbocycles. The van der Waals surface area contributed by atoms with Crippen LogP contribution in [0.5, 0.6) is 5.75 Å². The number of amides is 2. The number of likely N-dealkylation sites (tertiary alicyclic amines) is 1. The van der Waals surface area contributed by atoms with E-state index < -0.39 is 11.6 Å². The number of aliphatic hydroxyl groups excluding tert-OH is 1. The van der Waals surface area contributed by atoms with Crippen molar-refractivity contribution >= 4 is 6.03 Å². The van der Waals surface area contributed by atoms with E-state index in [9.17, 15) is 13.6 Å². The average Bonchev–Trinajstić information content (AvgIpc) is 2.54. The first kappa shape index (κ1) is 16.5. The van der Waals surface area contributed by atoms with Gasteiger partial charge >= 0.3 is 6.03 Å². The number of rotatable bonds is 5. The Morgan fingerprint density at radius 2 is 2.05 bits per heavy atom. The maximum Gasteiger partial charge on any atom is 0.317 e. The number of hydrogen-bond donors (Lipinski definition) is 2. The van der Waals surface area contributed by atoms with Crippen LogP contribution in [-0.2, 0) is 0 Å². The van der Waals surface area contributed by atoms with Gasteiger partial charge in [0.05, 0.1) is 6.54 Å². The zero-order valence-corrected chi connectivity index (χ0v) is 12.2. The second-order valence-electron chi connectivity index (χ2n) is 5.27. The molecule has 0 atom stereocenters. The smallest absolute Gasteiger partial charge is 0.317 e. The van der Waals surface area contributed by atoms with Crippen LogP contribution in [0.1, 0.15) is 12.8 Å². The summed E-state index contributed by atoms with van der Waals surface area (Å²) in [6, 6.07) is 3.12. The number of carbonyl (C=O) groups excluding carboxylic acids is 1. The van der Waals surface area contributed by atoms with Crippen molar-refractivity contribution in [3.05, 3.63) is 29.8 Å². The van der Waals surface area contributed by atoms with E-state index >= 15 is 0 Å². The normalized spacial score (nSPS) is 15.7. The SMILES string of the molecule is O=C(NCCOc1ccc(F)c(F)c1)N1CCC(CO)CC1. The van der Waals surface area contributed by atoms with Crippen molar-refractivity contribution < 1.29 is 23.4 Å². The Bertz CT molecular complexity index is 506. The molecule has 1 saturated heterocycles. The lowest BCUT2D eigenvalue weighted by atomic mass is 9.98. The predicted molar refractivity (Wildman–Crippen MR) is 76.6 cm³/mol. The van der Waals surface area contributed by atoms with E-state index in [0.29, 0.717) is 13.1 Å². The topological polar surface area (TPSA) is 61.8 Å². The third kappa shape index (κ3) is 4.56. The summed E-state index contributed by atoms with van der Waals surface area (Å²) in [5.74, 6) is -1.39. The molecular weight excluding hydrogens is 294 g/mol. The maximum absolute atomic E-state index is 13.0. The van der Waals surface area contributed by atoms with Gasteiger partial charge in [-0.25, -0.2) is 13.6 Å². The monoisotopic (exact) mass is 314 g/mol. The molecule has 0 radical (unpaired) electrons. The first-order valence-electron chi connectivity index (χ1n) is 7.31. The third-order valence-electron chi connectivity index (χ3n) is 3.70. The maximum atomic E-state index is 13.0. The number of ether oxygens (including phenoxy) is 1. The number of hydrogen-bond acceptors (Lipinski definition) is 3. The minimum absolute atomic E-state index is 0.164. The standard InChI is InChI=1S/C15H20F2N2O3/c16-13-2-1-12(9-14(13)17)22-8-5-18-15(21)19-6-3-11(10-20)4-7-19/h1-2,9,11,20H,3-8,10H2,(H,18,21). The lowest BCUT2D eigenvalue weighted by molar-refractivity contribution is 0.136. The third-order valence-corrected chi connectivity index (χ3v) is 3.70. The van der Waals surface area contributed by atoms with Gasteiger partial charge in [0.1, 0.15) is 12.4 Å². The zero-order chi connectivity index (χ0) is 15.9. The Morgan fingerprint density at radius 3 is 2.68 bits per heavy atom. The Balaban J connectivity index is 1.66. The molecule has 1 fully saturated rings. The van der Waals surface area contributed by atoms with Crippen molar-refractivity contribution in [3.8, 4) is 5.75 Å². The number of carbonyl (C=O) groups is 1. The summed E-state index contributed by atoms with van der Waals surface area (Å²) < 4.78 is 31.0. The summed E-state index contributed by atoms with van der Waals surface area (Å²) in [6.07, 6.45) is 1.60. The molecule has 2 N–H and O–H groups in total. The van der Waals surface area contributed by atoms with Gasteiger partial charge in [-0.2, -0.15) is 0 Å². The molecular formula is C15H20F2N2O3. The number of nitrogens with one attached hydrogen (secondary N) is 1. The van der Waals surface area contributed by atoms with Crippen molar-refractivity contribution in [2.75, 3.05) is 32.8 Å². The molecule has 1 aromatic carbocycles. The van der Waals surface area contributed by atoms with Gasteiger partial charge in [-0.1, -0.05) is 0 Å². The average molecular weight is 314 g/mol. The van der Waals surface area contributed by atoms with Gasteiger partial charge in [-0.3, -0.25) is 0 Å². The van der Waals surface area contributed by atoms with Gasteiger partial charge in [0, 0.05) is 25.8 Å². The zero-order valence-electron chi connectivity index (χ0n) is 12.2.